The molecule has 0 aromatic heterocycles. The van der Waals surface area contributed by atoms with Crippen molar-refractivity contribution in [3.63, 3.8) is 0 Å². The molecule has 0 aliphatic heterocycles. The predicted molar refractivity (Wildman–Crippen MR) is 88.8 cm³/mol. The van der Waals surface area contributed by atoms with E-state index in [-0.39, 0.29) is 36.5 Å². The molecule has 0 spiro atoms. The van der Waals surface area contributed by atoms with E-state index in [0.717, 1.165) is 12.1 Å². The summed E-state index contributed by atoms with van der Waals surface area (Å²) in [6.45, 7) is 5.36. The van der Waals surface area contributed by atoms with Crippen LogP contribution in [0.15, 0.2) is 12.1 Å². The smallest absolute Gasteiger partial charge is 0.416 e. The number of nitrogen functional groups attached to an aromatic ring is 2. The van der Waals surface area contributed by atoms with Gasteiger partial charge in [-0.05, 0) is 45.9 Å². The third kappa shape index (κ3) is 6.69. The van der Waals surface area contributed by atoms with Crippen molar-refractivity contribution in [2.75, 3.05) is 18.0 Å². The quantitative estimate of drug-likeness (QED) is 0.529. The fraction of sp³-hybridized carbons (Fsp3) is 0.562. The number of hydrogen-bond donors (Lipinski definition) is 3. The van der Waals surface area contributed by atoms with E-state index in [1.807, 2.05) is 0 Å². The summed E-state index contributed by atoms with van der Waals surface area (Å²) in [6.07, 6.45) is -5.15. The third-order valence-corrected chi connectivity index (χ3v) is 3.06. The Morgan fingerprint density at radius 1 is 1.16 bits per heavy atom. The summed E-state index contributed by atoms with van der Waals surface area (Å²) >= 11 is 0. The molecule has 0 fully saturated rings. The number of esters is 1. The molecule has 6 N–H and O–H groups in total. The Morgan fingerprint density at radius 2 is 1.68 bits per heavy atom. The van der Waals surface area contributed by atoms with Crippen molar-refractivity contribution in [1.82, 2.24) is 0 Å². The highest BCUT2D eigenvalue weighted by Gasteiger charge is 2.32. The second-order valence-corrected chi connectivity index (χ2v) is 6.59. The van der Waals surface area contributed by atoms with Crippen LogP contribution in [-0.4, -0.2) is 24.2 Å². The van der Waals surface area contributed by atoms with Crippen molar-refractivity contribution >= 4 is 17.3 Å². The molecular formula is C16H24F3N3O3. The molecule has 0 saturated heterocycles. The molecule has 1 atom stereocenters. The number of anilines is 2. The van der Waals surface area contributed by atoms with Crippen LogP contribution < -0.4 is 21.9 Å². The average molecular weight is 363 g/mol. The molecule has 0 saturated carbocycles. The standard InChI is InChI=1S/C16H24F3N3O3/c1-15(2,3)25-13(23)8-10(4-5-20)24-14-11(21)6-9(7-12(14)22)16(17,18)19/h6-7,10H,4-5,8,20-22H2,1-3H3/t10-/m1/s1. The van der Waals surface area contributed by atoms with Gasteiger partial charge < -0.3 is 26.7 Å². The molecule has 142 valence electrons. The Hall–Kier alpha value is -2.16. The minimum absolute atomic E-state index is 0.102. The van der Waals surface area contributed by atoms with Gasteiger partial charge in [-0.2, -0.15) is 13.2 Å². The average Bonchev–Trinajstić information content (AvgIpc) is 2.39. The first-order chi connectivity index (χ1) is 11.3. The largest absolute Gasteiger partial charge is 0.485 e. The van der Waals surface area contributed by atoms with Crippen molar-refractivity contribution in [2.45, 2.75) is 51.5 Å². The molecule has 0 radical (unpaired) electrons. The number of benzene rings is 1. The molecule has 1 aromatic carbocycles. The first kappa shape index (κ1) is 20.9. The maximum absolute atomic E-state index is 12.8. The zero-order valence-electron chi connectivity index (χ0n) is 14.4. The first-order valence-corrected chi connectivity index (χ1v) is 7.68. The van der Waals surface area contributed by atoms with E-state index >= 15 is 0 Å². The topological polar surface area (TPSA) is 114 Å². The molecule has 25 heavy (non-hydrogen) atoms. The van der Waals surface area contributed by atoms with E-state index in [1.165, 1.54) is 0 Å². The number of ether oxygens (including phenoxy) is 2. The molecule has 0 aliphatic carbocycles. The minimum atomic E-state index is -4.58. The number of carbonyl (C=O) groups is 1. The van der Waals surface area contributed by atoms with Gasteiger partial charge >= 0.3 is 12.1 Å². The fourth-order valence-electron chi connectivity index (χ4n) is 2.10. The Labute approximate surface area is 144 Å². The third-order valence-electron chi connectivity index (χ3n) is 3.06. The molecule has 0 amide bonds. The number of halogens is 3. The number of rotatable bonds is 6. The van der Waals surface area contributed by atoms with Crippen LogP contribution in [0.25, 0.3) is 0 Å². The Bertz CT molecular complexity index is 590. The van der Waals surface area contributed by atoms with Crippen LogP contribution in [0.5, 0.6) is 5.75 Å². The van der Waals surface area contributed by atoms with Gasteiger partial charge in [0.25, 0.3) is 0 Å². The van der Waals surface area contributed by atoms with E-state index in [1.54, 1.807) is 20.8 Å². The Kier molecular flexibility index (Phi) is 6.53. The molecule has 0 aliphatic rings. The molecule has 6 nitrogen and oxygen atoms in total. The highest BCUT2D eigenvalue weighted by Crippen LogP contribution is 2.38. The number of nitrogens with two attached hydrogens (primary N) is 3. The van der Waals surface area contributed by atoms with Crippen molar-refractivity contribution in [2.24, 2.45) is 5.73 Å². The van der Waals surface area contributed by atoms with Gasteiger partial charge in [-0.25, -0.2) is 0 Å². The number of carbonyl (C=O) groups excluding carboxylic acids is 1. The van der Waals surface area contributed by atoms with E-state index < -0.39 is 29.4 Å². The van der Waals surface area contributed by atoms with Crippen molar-refractivity contribution in [1.29, 1.82) is 0 Å². The monoisotopic (exact) mass is 363 g/mol. The first-order valence-electron chi connectivity index (χ1n) is 7.68. The van der Waals surface area contributed by atoms with Gasteiger partial charge in [-0.15, -0.1) is 0 Å². The molecule has 9 heteroatoms. The van der Waals surface area contributed by atoms with E-state index in [2.05, 4.69) is 0 Å². The highest BCUT2D eigenvalue weighted by molar-refractivity contribution is 5.71. The van der Waals surface area contributed by atoms with Gasteiger partial charge in [0, 0.05) is 0 Å². The zero-order chi connectivity index (χ0) is 19.4. The maximum Gasteiger partial charge on any atom is 0.416 e. The summed E-state index contributed by atoms with van der Waals surface area (Å²) in [5, 5.41) is 0. The van der Waals surface area contributed by atoms with Crippen molar-refractivity contribution in [3.05, 3.63) is 17.7 Å². The lowest BCUT2D eigenvalue weighted by atomic mass is 10.1. The summed E-state index contributed by atoms with van der Waals surface area (Å²) in [6, 6.07) is 1.47. The van der Waals surface area contributed by atoms with Crippen LogP contribution >= 0.6 is 0 Å². The van der Waals surface area contributed by atoms with Gasteiger partial charge in [0.2, 0.25) is 0 Å². The van der Waals surface area contributed by atoms with Crippen LogP contribution in [-0.2, 0) is 15.7 Å². The lowest BCUT2D eigenvalue weighted by molar-refractivity contribution is -0.156. The Balaban J connectivity index is 2.97. The molecular weight excluding hydrogens is 339 g/mol. The highest BCUT2D eigenvalue weighted by atomic mass is 19.4. The molecule has 0 heterocycles. The van der Waals surface area contributed by atoms with Gasteiger partial charge in [-0.3, -0.25) is 4.79 Å². The Morgan fingerprint density at radius 3 is 2.08 bits per heavy atom. The molecule has 1 aromatic rings. The van der Waals surface area contributed by atoms with Gasteiger partial charge in [0.05, 0.1) is 23.4 Å². The van der Waals surface area contributed by atoms with E-state index in [4.69, 9.17) is 26.7 Å². The van der Waals surface area contributed by atoms with E-state index in [0.29, 0.717) is 0 Å². The predicted octanol–water partition coefficient (Wildman–Crippen LogP) is 2.70. The summed E-state index contributed by atoms with van der Waals surface area (Å²) < 4.78 is 49.1. The normalized spacial score (nSPS) is 13.4. The molecule has 0 unspecified atom stereocenters. The summed E-state index contributed by atoms with van der Waals surface area (Å²) in [7, 11) is 0. The van der Waals surface area contributed by atoms with Crippen LogP contribution in [0.2, 0.25) is 0 Å². The number of alkyl halides is 3. The lowest BCUT2D eigenvalue weighted by Gasteiger charge is -2.24. The summed E-state index contributed by atoms with van der Waals surface area (Å²) in [4.78, 5) is 11.9. The van der Waals surface area contributed by atoms with Crippen molar-refractivity contribution in [3.8, 4) is 5.75 Å². The minimum Gasteiger partial charge on any atom is -0.485 e. The van der Waals surface area contributed by atoms with Gasteiger partial charge in [0.1, 0.15) is 11.7 Å². The second kappa shape index (κ2) is 7.81. The fourth-order valence-corrected chi connectivity index (χ4v) is 2.10. The maximum atomic E-state index is 12.8. The second-order valence-electron chi connectivity index (χ2n) is 6.59. The molecule has 1 rings (SSSR count). The SMILES string of the molecule is CC(C)(C)OC(=O)C[C@@H](CCN)Oc1c(N)cc(C(F)(F)F)cc1N. The van der Waals surface area contributed by atoms with Crippen LogP contribution in [0.1, 0.15) is 39.2 Å². The summed E-state index contributed by atoms with van der Waals surface area (Å²) in [5.41, 5.74) is 14.6. The van der Waals surface area contributed by atoms with Crippen LogP contribution in [0, 0.1) is 0 Å². The summed E-state index contributed by atoms with van der Waals surface area (Å²) in [5.74, 6) is -0.620. The van der Waals surface area contributed by atoms with Crippen molar-refractivity contribution < 1.29 is 27.4 Å². The zero-order valence-corrected chi connectivity index (χ0v) is 14.4. The lowest BCUT2D eigenvalue weighted by Crippen LogP contribution is -2.30. The molecule has 0 bridgehead atoms. The van der Waals surface area contributed by atoms with E-state index in [9.17, 15) is 18.0 Å². The van der Waals surface area contributed by atoms with Crippen LogP contribution in [0.3, 0.4) is 0 Å². The van der Waals surface area contributed by atoms with Gasteiger partial charge in [-0.1, -0.05) is 0 Å². The number of hydrogen-bond acceptors (Lipinski definition) is 6. The van der Waals surface area contributed by atoms with Crippen LogP contribution in [0.4, 0.5) is 24.5 Å². The van der Waals surface area contributed by atoms with Gasteiger partial charge in [0.15, 0.2) is 5.75 Å².